The molecule has 1 aromatic rings. The van der Waals surface area contributed by atoms with Crippen molar-refractivity contribution in [3.8, 4) is 0 Å². The molecule has 3 amide bonds. The number of rotatable bonds is 2. The number of amides is 3. The van der Waals surface area contributed by atoms with Crippen molar-refractivity contribution in [2.24, 2.45) is 23.5 Å². The van der Waals surface area contributed by atoms with Crippen LogP contribution in [0.25, 0.3) is 0 Å². The highest BCUT2D eigenvalue weighted by molar-refractivity contribution is 6.30. The Morgan fingerprint density at radius 1 is 1.04 bits per heavy atom. The lowest BCUT2D eigenvalue weighted by atomic mass is 9.53. The number of halogens is 1. The Morgan fingerprint density at radius 3 is 2.00 bits per heavy atom. The summed E-state index contributed by atoms with van der Waals surface area (Å²) in [7, 11) is 0. The molecule has 4 fully saturated rings. The number of carbonyl (C=O) groups excluding carboxylic acids is 2. The lowest BCUT2D eigenvalue weighted by Gasteiger charge is -2.59. The fraction of sp³-hybridized carbons (Fsp3) is 0.556. The highest BCUT2D eigenvalue weighted by Crippen LogP contribution is 2.57. The van der Waals surface area contributed by atoms with Crippen LogP contribution in [0.4, 0.5) is 4.79 Å². The van der Waals surface area contributed by atoms with E-state index in [0.29, 0.717) is 28.3 Å². The van der Waals surface area contributed by atoms with Crippen LogP contribution in [-0.2, 0) is 0 Å². The van der Waals surface area contributed by atoms with Crippen LogP contribution in [0.15, 0.2) is 24.3 Å². The molecule has 4 aliphatic carbocycles. The predicted molar refractivity (Wildman–Crippen MR) is 91.2 cm³/mol. The summed E-state index contributed by atoms with van der Waals surface area (Å²) >= 11 is 5.87. The van der Waals surface area contributed by atoms with Crippen molar-refractivity contribution < 1.29 is 9.59 Å². The molecule has 0 spiro atoms. The molecule has 24 heavy (non-hydrogen) atoms. The Kier molecular flexibility index (Phi) is 3.71. The Bertz CT molecular complexity index is 638. The van der Waals surface area contributed by atoms with Gasteiger partial charge in [-0.2, -0.15) is 0 Å². The smallest absolute Gasteiger partial charge is 0.334 e. The van der Waals surface area contributed by atoms with E-state index in [1.165, 1.54) is 24.3 Å². The lowest BCUT2D eigenvalue weighted by Crippen LogP contribution is -2.67. The van der Waals surface area contributed by atoms with Gasteiger partial charge in [-0.1, -0.05) is 11.6 Å². The van der Waals surface area contributed by atoms with Gasteiger partial charge in [-0.3, -0.25) is 10.2 Å². The van der Waals surface area contributed by atoms with Gasteiger partial charge in [0, 0.05) is 10.6 Å². The monoisotopic (exact) mass is 347 g/mol. The Labute approximate surface area is 146 Å². The van der Waals surface area contributed by atoms with Crippen LogP contribution in [0.1, 0.15) is 48.9 Å². The van der Waals surface area contributed by atoms with Crippen molar-refractivity contribution >= 4 is 23.5 Å². The SMILES string of the molecule is NC(=O)N(NC(=O)c1ccc(Cl)cc1)C12CC3CC(CC(C3)C1)C2. The molecule has 1 aromatic carbocycles. The van der Waals surface area contributed by atoms with Crippen molar-refractivity contribution in [2.45, 2.75) is 44.1 Å². The third-order valence-corrected chi connectivity index (χ3v) is 6.27. The van der Waals surface area contributed by atoms with E-state index in [1.54, 1.807) is 24.3 Å². The minimum atomic E-state index is -0.570. The molecule has 0 atom stereocenters. The Morgan fingerprint density at radius 2 is 1.54 bits per heavy atom. The maximum Gasteiger partial charge on any atom is 0.334 e. The topological polar surface area (TPSA) is 75.4 Å². The quantitative estimate of drug-likeness (QED) is 0.805. The number of urea groups is 1. The van der Waals surface area contributed by atoms with Gasteiger partial charge < -0.3 is 5.73 Å². The van der Waals surface area contributed by atoms with E-state index in [2.05, 4.69) is 5.43 Å². The molecule has 128 valence electrons. The van der Waals surface area contributed by atoms with E-state index in [9.17, 15) is 9.59 Å². The molecular formula is C18H22ClN3O2. The first-order valence-corrected chi connectivity index (χ1v) is 8.99. The minimum Gasteiger partial charge on any atom is -0.350 e. The first-order chi connectivity index (χ1) is 11.4. The molecule has 3 N–H and O–H groups in total. The second kappa shape index (κ2) is 5.66. The minimum absolute atomic E-state index is 0.303. The van der Waals surface area contributed by atoms with Crippen LogP contribution in [0.2, 0.25) is 5.02 Å². The maximum atomic E-state index is 12.6. The number of nitrogens with zero attached hydrogens (tertiary/aromatic N) is 1. The van der Waals surface area contributed by atoms with E-state index in [0.717, 1.165) is 19.3 Å². The largest absolute Gasteiger partial charge is 0.350 e. The van der Waals surface area contributed by atoms with E-state index >= 15 is 0 Å². The average Bonchev–Trinajstić information content (AvgIpc) is 2.51. The van der Waals surface area contributed by atoms with Gasteiger partial charge >= 0.3 is 6.03 Å². The molecule has 4 bridgehead atoms. The summed E-state index contributed by atoms with van der Waals surface area (Å²) in [5, 5.41) is 2.01. The number of nitrogens with one attached hydrogen (secondary N) is 1. The molecular weight excluding hydrogens is 326 g/mol. The number of benzene rings is 1. The van der Waals surface area contributed by atoms with E-state index < -0.39 is 6.03 Å². The molecule has 5 rings (SSSR count). The molecule has 0 aromatic heterocycles. The van der Waals surface area contributed by atoms with E-state index in [-0.39, 0.29) is 11.4 Å². The molecule has 4 aliphatic rings. The third kappa shape index (κ3) is 2.65. The van der Waals surface area contributed by atoms with Crippen molar-refractivity contribution in [1.82, 2.24) is 10.4 Å². The van der Waals surface area contributed by atoms with Crippen molar-refractivity contribution in [1.29, 1.82) is 0 Å². The second-order valence-corrected chi connectivity index (χ2v) is 8.20. The molecule has 0 radical (unpaired) electrons. The highest BCUT2D eigenvalue weighted by Gasteiger charge is 2.55. The molecule has 0 unspecified atom stereocenters. The van der Waals surface area contributed by atoms with Crippen LogP contribution in [0, 0.1) is 17.8 Å². The standard InChI is InChI=1S/C18H22ClN3O2/c19-15-3-1-14(2-4-15)16(23)21-22(17(20)24)18-8-11-5-12(9-18)7-13(6-11)10-18/h1-4,11-13H,5-10H2,(H2,20,24)(H,21,23). The summed E-state index contributed by atoms with van der Waals surface area (Å²) in [6, 6.07) is 6.05. The van der Waals surface area contributed by atoms with Gasteiger partial charge in [0.15, 0.2) is 0 Å². The zero-order valence-electron chi connectivity index (χ0n) is 13.5. The number of nitrogens with two attached hydrogens (primary N) is 1. The fourth-order valence-electron chi connectivity index (χ4n) is 5.51. The first kappa shape index (κ1) is 15.8. The average molecular weight is 348 g/mol. The molecule has 5 nitrogen and oxygen atoms in total. The molecule has 4 saturated carbocycles. The highest BCUT2D eigenvalue weighted by atomic mass is 35.5. The van der Waals surface area contributed by atoms with Crippen LogP contribution in [0.3, 0.4) is 0 Å². The van der Waals surface area contributed by atoms with Crippen molar-refractivity contribution in [2.75, 3.05) is 0 Å². The Balaban J connectivity index is 1.57. The number of carbonyl (C=O) groups is 2. The fourth-order valence-corrected chi connectivity index (χ4v) is 5.64. The van der Waals surface area contributed by atoms with E-state index in [4.69, 9.17) is 17.3 Å². The van der Waals surface area contributed by atoms with Gasteiger partial charge in [0.2, 0.25) is 0 Å². The summed E-state index contributed by atoms with van der Waals surface area (Å²) in [6.07, 6.45) is 6.62. The van der Waals surface area contributed by atoms with Gasteiger partial charge in [-0.25, -0.2) is 9.80 Å². The summed E-state index contributed by atoms with van der Waals surface area (Å²) in [5.74, 6) is 1.66. The third-order valence-electron chi connectivity index (χ3n) is 6.02. The van der Waals surface area contributed by atoms with Crippen LogP contribution in [-0.4, -0.2) is 22.5 Å². The first-order valence-electron chi connectivity index (χ1n) is 8.61. The summed E-state index contributed by atoms with van der Waals surface area (Å²) in [6.45, 7) is 0. The number of hydrogen-bond donors (Lipinski definition) is 2. The van der Waals surface area contributed by atoms with Crippen molar-refractivity contribution in [3.63, 3.8) is 0 Å². The number of hydrazine groups is 1. The summed E-state index contributed by atoms with van der Waals surface area (Å²) in [5.41, 5.74) is 8.61. The van der Waals surface area contributed by atoms with Gasteiger partial charge in [-0.15, -0.1) is 0 Å². The predicted octanol–water partition coefficient (Wildman–Crippen LogP) is 3.33. The maximum absolute atomic E-state index is 12.6. The van der Waals surface area contributed by atoms with E-state index in [1.807, 2.05) is 0 Å². The van der Waals surface area contributed by atoms with Crippen LogP contribution in [0.5, 0.6) is 0 Å². The lowest BCUT2D eigenvalue weighted by molar-refractivity contribution is -0.0818. The Hall–Kier alpha value is -1.75. The number of hydrogen-bond acceptors (Lipinski definition) is 2. The molecule has 6 heteroatoms. The second-order valence-electron chi connectivity index (χ2n) is 7.76. The van der Waals surface area contributed by atoms with Gasteiger partial charge in [0.25, 0.3) is 5.91 Å². The zero-order chi connectivity index (χ0) is 16.9. The van der Waals surface area contributed by atoms with Gasteiger partial charge in [0.05, 0.1) is 5.54 Å². The van der Waals surface area contributed by atoms with Gasteiger partial charge in [-0.05, 0) is 80.5 Å². The summed E-state index contributed by atoms with van der Waals surface area (Å²) < 4.78 is 0. The molecule has 0 heterocycles. The zero-order valence-corrected chi connectivity index (χ0v) is 14.3. The van der Waals surface area contributed by atoms with Crippen molar-refractivity contribution in [3.05, 3.63) is 34.9 Å². The number of primary amides is 1. The summed E-state index contributed by atoms with van der Waals surface area (Å²) in [4.78, 5) is 24.7. The normalized spacial score (nSPS) is 33.3. The van der Waals surface area contributed by atoms with Crippen LogP contribution >= 0.6 is 11.6 Å². The van der Waals surface area contributed by atoms with Crippen LogP contribution < -0.4 is 11.2 Å². The van der Waals surface area contributed by atoms with Gasteiger partial charge in [0.1, 0.15) is 0 Å². The molecule has 0 aliphatic heterocycles. The molecule has 0 saturated heterocycles.